The SMILES string of the molecule is CCCn1cncc1CS(=O)c1ccc(-n2cc(C#N)c(N)c2C(=O)OC)cc1. The Bertz CT molecular complexity index is 1090. The van der Waals surface area contributed by atoms with E-state index in [1.165, 1.54) is 17.9 Å². The maximum absolute atomic E-state index is 12.8. The summed E-state index contributed by atoms with van der Waals surface area (Å²) >= 11 is 0. The van der Waals surface area contributed by atoms with E-state index in [1.807, 2.05) is 10.6 Å². The van der Waals surface area contributed by atoms with Crippen molar-refractivity contribution in [1.82, 2.24) is 14.1 Å². The van der Waals surface area contributed by atoms with Crippen LogP contribution < -0.4 is 5.73 Å². The number of anilines is 1. The standard InChI is InChI=1S/C20H21N5O3S/c1-3-8-24-13-23-10-16(24)12-29(27)17-6-4-15(5-7-17)25-11-14(9-21)18(22)19(25)20(26)28-2/h4-7,10-11,13H,3,8,12,22H2,1-2H3. The zero-order valence-corrected chi connectivity index (χ0v) is 17.0. The molecule has 150 valence electrons. The number of nitrogens with two attached hydrogens (primary N) is 1. The fraction of sp³-hybridized carbons (Fsp3) is 0.250. The lowest BCUT2D eigenvalue weighted by molar-refractivity contribution is 0.0593. The Morgan fingerprint density at radius 2 is 2.07 bits per heavy atom. The van der Waals surface area contributed by atoms with E-state index in [4.69, 9.17) is 10.5 Å². The normalized spacial score (nSPS) is 11.8. The number of hydrogen-bond donors (Lipinski definition) is 1. The van der Waals surface area contributed by atoms with Gasteiger partial charge in [0, 0.05) is 29.5 Å². The van der Waals surface area contributed by atoms with Crippen molar-refractivity contribution in [3.05, 3.63) is 59.9 Å². The van der Waals surface area contributed by atoms with Gasteiger partial charge >= 0.3 is 5.97 Å². The Morgan fingerprint density at radius 1 is 1.34 bits per heavy atom. The highest BCUT2D eigenvalue weighted by molar-refractivity contribution is 7.84. The van der Waals surface area contributed by atoms with Crippen LogP contribution in [0.25, 0.3) is 5.69 Å². The molecule has 1 unspecified atom stereocenters. The molecule has 1 atom stereocenters. The lowest BCUT2D eigenvalue weighted by atomic mass is 10.2. The van der Waals surface area contributed by atoms with E-state index in [-0.39, 0.29) is 16.9 Å². The molecule has 2 aromatic heterocycles. The molecule has 1 aromatic carbocycles. The minimum absolute atomic E-state index is 0.0659. The maximum Gasteiger partial charge on any atom is 0.357 e. The van der Waals surface area contributed by atoms with E-state index in [0.717, 1.165) is 18.7 Å². The van der Waals surface area contributed by atoms with Crippen LogP contribution in [0.2, 0.25) is 0 Å². The molecule has 2 N–H and O–H groups in total. The molecule has 0 radical (unpaired) electrons. The van der Waals surface area contributed by atoms with Crippen molar-refractivity contribution in [2.45, 2.75) is 30.5 Å². The van der Waals surface area contributed by atoms with Crippen LogP contribution in [0.3, 0.4) is 0 Å². The number of methoxy groups -OCH3 is 1. The molecule has 0 bridgehead atoms. The lowest BCUT2D eigenvalue weighted by Gasteiger charge is -2.10. The highest BCUT2D eigenvalue weighted by atomic mass is 32.2. The summed E-state index contributed by atoms with van der Waals surface area (Å²) in [5, 5.41) is 9.21. The average molecular weight is 411 g/mol. The van der Waals surface area contributed by atoms with E-state index < -0.39 is 16.8 Å². The molecule has 0 spiro atoms. The third kappa shape index (κ3) is 4.07. The number of aromatic nitrogens is 3. The zero-order chi connectivity index (χ0) is 21.0. The van der Waals surface area contributed by atoms with Gasteiger partial charge in [-0.15, -0.1) is 0 Å². The van der Waals surface area contributed by atoms with Crippen LogP contribution in [0.4, 0.5) is 5.69 Å². The number of esters is 1. The van der Waals surface area contributed by atoms with Crippen molar-refractivity contribution in [1.29, 1.82) is 5.26 Å². The number of benzene rings is 1. The minimum Gasteiger partial charge on any atom is -0.464 e. The fourth-order valence-corrected chi connectivity index (χ4v) is 4.12. The van der Waals surface area contributed by atoms with Crippen LogP contribution in [-0.2, 0) is 27.8 Å². The van der Waals surface area contributed by atoms with Gasteiger partial charge in [-0.25, -0.2) is 9.78 Å². The Morgan fingerprint density at radius 3 is 2.69 bits per heavy atom. The van der Waals surface area contributed by atoms with E-state index in [1.54, 1.807) is 36.8 Å². The average Bonchev–Trinajstić information content (AvgIpc) is 3.31. The van der Waals surface area contributed by atoms with Crippen LogP contribution >= 0.6 is 0 Å². The van der Waals surface area contributed by atoms with Gasteiger partial charge in [0.25, 0.3) is 0 Å². The second-order valence-corrected chi connectivity index (χ2v) is 7.79. The van der Waals surface area contributed by atoms with E-state index in [2.05, 4.69) is 11.9 Å². The number of ether oxygens (including phenoxy) is 1. The Balaban J connectivity index is 1.87. The first-order chi connectivity index (χ1) is 14.0. The van der Waals surface area contributed by atoms with Crippen molar-refractivity contribution in [3.63, 3.8) is 0 Å². The van der Waals surface area contributed by atoms with Crippen molar-refractivity contribution in [3.8, 4) is 11.8 Å². The summed E-state index contributed by atoms with van der Waals surface area (Å²) in [6, 6.07) is 8.88. The van der Waals surface area contributed by atoms with Gasteiger partial charge in [-0.1, -0.05) is 6.92 Å². The molecule has 0 aliphatic rings. The number of nitrogen functional groups attached to an aromatic ring is 1. The van der Waals surface area contributed by atoms with Gasteiger partial charge in [0.2, 0.25) is 0 Å². The Labute approximate surface area is 171 Å². The number of imidazole rings is 1. The third-order valence-corrected chi connectivity index (χ3v) is 5.82. The molecule has 2 heterocycles. The quantitative estimate of drug-likeness (QED) is 0.598. The van der Waals surface area contributed by atoms with Crippen LogP contribution in [-0.4, -0.2) is 31.4 Å². The minimum atomic E-state index is -1.25. The number of aryl methyl sites for hydroxylation is 1. The number of nitrogens with zero attached hydrogens (tertiary/aromatic N) is 4. The third-order valence-electron chi connectivity index (χ3n) is 4.46. The topological polar surface area (TPSA) is 116 Å². The van der Waals surface area contributed by atoms with Gasteiger partial charge in [-0.3, -0.25) is 4.21 Å². The molecule has 3 rings (SSSR count). The Kier molecular flexibility index (Phi) is 6.14. The lowest BCUT2D eigenvalue weighted by Crippen LogP contribution is -2.11. The van der Waals surface area contributed by atoms with Crippen molar-refractivity contribution in [2.75, 3.05) is 12.8 Å². The summed E-state index contributed by atoms with van der Waals surface area (Å²) in [5.74, 6) is -0.275. The summed E-state index contributed by atoms with van der Waals surface area (Å²) in [4.78, 5) is 16.9. The molecule has 0 saturated heterocycles. The highest BCUT2D eigenvalue weighted by Crippen LogP contribution is 2.25. The summed E-state index contributed by atoms with van der Waals surface area (Å²) in [6.07, 6.45) is 5.93. The first kappa shape index (κ1) is 20.4. The molecule has 0 aliphatic carbocycles. The molecule has 8 nitrogen and oxygen atoms in total. The van der Waals surface area contributed by atoms with Gasteiger partial charge < -0.3 is 19.6 Å². The van der Waals surface area contributed by atoms with Crippen LogP contribution in [0.15, 0.2) is 47.9 Å². The molecule has 29 heavy (non-hydrogen) atoms. The van der Waals surface area contributed by atoms with Crippen LogP contribution in [0, 0.1) is 11.3 Å². The fourth-order valence-electron chi connectivity index (χ4n) is 3.00. The predicted octanol–water partition coefficient (Wildman–Crippen LogP) is 2.63. The van der Waals surface area contributed by atoms with Gasteiger partial charge in [0.05, 0.1) is 46.9 Å². The number of hydrogen-bond acceptors (Lipinski definition) is 6. The molecule has 0 fully saturated rings. The predicted molar refractivity (Wildman–Crippen MR) is 109 cm³/mol. The van der Waals surface area contributed by atoms with E-state index >= 15 is 0 Å². The molecular formula is C20H21N5O3S. The number of nitriles is 1. The zero-order valence-electron chi connectivity index (χ0n) is 16.2. The van der Waals surface area contributed by atoms with Gasteiger partial charge in [0.1, 0.15) is 6.07 Å². The number of carbonyl (C=O) groups is 1. The molecule has 0 amide bonds. The molecule has 9 heteroatoms. The van der Waals surface area contributed by atoms with Crippen molar-refractivity contribution >= 4 is 22.5 Å². The van der Waals surface area contributed by atoms with E-state index in [9.17, 15) is 14.3 Å². The number of carbonyl (C=O) groups excluding carboxylic acids is 1. The number of rotatable bonds is 7. The first-order valence-electron chi connectivity index (χ1n) is 8.97. The summed E-state index contributed by atoms with van der Waals surface area (Å²) in [6.45, 7) is 2.91. The molecule has 0 aliphatic heterocycles. The van der Waals surface area contributed by atoms with Gasteiger partial charge in [-0.2, -0.15) is 5.26 Å². The Hall–Kier alpha value is -3.38. The van der Waals surface area contributed by atoms with Crippen molar-refractivity contribution in [2.24, 2.45) is 0 Å². The molecular weight excluding hydrogens is 390 g/mol. The molecule has 0 saturated carbocycles. The summed E-state index contributed by atoms with van der Waals surface area (Å²) in [5.41, 5.74) is 7.78. The highest BCUT2D eigenvalue weighted by Gasteiger charge is 2.21. The van der Waals surface area contributed by atoms with Crippen molar-refractivity contribution < 1.29 is 13.7 Å². The van der Waals surface area contributed by atoms with Crippen LogP contribution in [0.1, 0.15) is 35.1 Å². The smallest absolute Gasteiger partial charge is 0.357 e. The summed E-state index contributed by atoms with van der Waals surface area (Å²) in [7, 11) is 0.00405. The first-order valence-corrected chi connectivity index (χ1v) is 10.3. The monoisotopic (exact) mass is 411 g/mol. The maximum atomic E-state index is 12.8. The largest absolute Gasteiger partial charge is 0.464 e. The van der Waals surface area contributed by atoms with Gasteiger partial charge in [0.15, 0.2) is 5.69 Å². The van der Waals surface area contributed by atoms with Gasteiger partial charge in [-0.05, 0) is 30.7 Å². The van der Waals surface area contributed by atoms with Crippen LogP contribution in [0.5, 0.6) is 0 Å². The summed E-state index contributed by atoms with van der Waals surface area (Å²) < 4.78 is 21.1. The molecule has 3 aromatic rings. The second kappa shape index (κ2) is 8.75. The van der Waals surface area contributed by atoms with E-state index in [0.29, 0.717) is 16.3 Å². The second-order valence-electron chi connectivity index (χ2n) is 6.34.